The Kier molecular flexibility index (Phi) is 3.73. The molecule has 94 valence electrons. The Labute approximate surface area is 116 Å². The molecule has 0 aliphatic rings. The number of nitrogens with one attached hydrogen (secondary N) is 1. The number of benzene rings is 1. The lowest BCUT2D eigenvalue weighted by Gasteiger charge is -2.08. The second-order valence-electron chi connectivity index (χ2n) is 3.63. The largest absolute Gasteiger partial charge is 0.459 e. The minimum absolute atomic E-state index is 0.111. The highest BCUT2D eigenvalue weighted by Gasteiger charge is 2.16. The number of halogens is 3. The van der Waals surface area contributed by atoms with Crippen molar-refractivity contribution in [1.29, 1.82) is 0 Å². The summed E-state index contributed by atoms with van der Waals surface area (Å²) in [5.41, 5.74) is 1.01. The number of hydrogen-bond acceptors (Lipinski definition) is 2. The molecule has 6 heteroatoms. The summed E-state index contributed by atoms with van der Waals surface area (Å²) in [6, 6.07) is 4.02. The quantitative estimate of drug-likeness (QED) is 0.886. The van der Waals surface area contributed by atoms with Crippen LogP contribution in [-0.2, 0) is 0 Å². The van der Waals surface area contributed by atoms with Crippen LogP contribution in [0, 0.1) is 12.7 Å². The molecule has 0 spiro atoms. The van der Waals surface area contributed by atoms with Crippen LogP contribution in [0.3, 0.4) is 0 Å². The van der Waals surface area contributed by atoms with Crippen molar-refractivity contribution in [1.82, 2.24) is 0 Å². The Balaban J connectivity index is 2.31. The summed E-state index contributed by atoms with van der Waals surface area (Å²) >= 11 is 9.00. The van der Waals surface area contributed by atoms with E-state index < -0.39 is 11.7 Å². The Morgan fingerprint density at radius 1 is 1.50 bits per heavy atom. The van der Waals surface area contributed by atoms with Gasteiger partial charge < -0.3 is 9.73 Å². The second-order valence-corrected chi connectivity index (χ2v) is 4.89. The van der Waals surface area contributed by atoms with Gasteiger partial charge in [-0.1, -0.05) is 11.6 Å². The molecule has 1 aromatic carbocycles. The fourth-order valence-electron chi connectivity index (χ4n) is 1.44. The molecular weight excluding hydrogens is 324 g/mol. The summed E-state index contributed by atoms with van der Waals surface area (Å²) < 4.78 is 18.5. The van der Waals surface area contributed by atoms with E-state index >= 15 is 0 Å². The van der Waals surface area contributed by atoms with Gasteiger partial charge in [-0.25, -0.2) is 4.39 Å². The topological polar surface area (TPSA) is 42.2 Å². The van der Waals surface area contributed by atoms with Crippen LogP contribution < -0.4 is 5.32 Å². The van der Waals surface area contributed by atoms with E-state index in [1.165, 1.54) is 12.3 Å². The predicted octanol–water partition coefficient (Wildman–Crippen LogP) is 4.40. The Morgan fingerprint density at radius 3 is 2.78 bits per heavy atom. The standard InChI is InChI=1S/C12H8BrClFNO2/c1-6-2-3-18-11(6)12(17)16-10-8(13)4-7(15)5-9(10)14/h2-5H,1H3,(H,16,17). The third kappa shape index (κ3) is 2.57. The molecule has 0 unspecified atom stereocenters. The van der Waals surface area contributed by atoms with E-state index in [0.29, 0.717) is 15.7 Å². The van der Waals surface area contributed by atoms with E-state index in [0.717, 1.165) is 6.07 Å². The SMILES string of the molecule is Cc1ccoc1C(=O)Nc1c(Cl)cc(F)cc1Br. The number of anilines is 1. The van der Waals surface area contributed by atoms with Crippen LogP contribution in [-0.4, -0.2) is 5.91 Å². The number of hydrogen-bond donors (Lipinski definition) is 1. The van der Waals surface area contributed by atoms with E-state index in [-0.39, 0.29) is 10.8 Å². The lowest BCUT2D eigenvalue weighted by atomic mass is 10.2. The minimum atomic E-state index is -0.487. The molecule has 2 aromatic rings. The van der Waals surface area contributed by atoms with Gasteiger partial charge in [0.2, 0.25) is 0 Å². The van der Waals surface area contributed by atoms with Gasteiger partial charge in [0.15, 0.2) is 5.76 Å². The Bertz CT molecular complexity index is 589. The summed E-state index contributed by atoms with van der Waals surface area (Å²) in [5.74, 6) is -0.729. The van der Waals surface area contributed by atoms with Crippen molar-refractivity contribution in [3.8, 4) is 0 Å². The average Bonchev–Trinajstić information content (AvgIpc) is 2.69. The monoisotopic (exact) mass is 331 g/mol. The second kappa shape index (κ2) is 5.12. The van der Waals surface area contributed by atoms with Gasteiger partial charge in [0.25, 0.3) is 5.91 Å². The van der Waals surface area contributed by atoms with Crippen molar-refractivity contribution >= 4 is 39.1 Å². The number of carbonyl (C=O) groups is 1. The van der Waals surface area contributed by atoms with Crippen LogP contribution in [0.1, 0.15) is 16.1 Å². The summed E-state index contributed by atoms with van der Waals surface area (Å²) in [4.78, 5) is 11.9. The Hall–Kier alpha value is -1.33. The zero-order valence-electron chi connectivity index (χ0n) is 9.26. The molecule has 0 bridgehead atoms. The fraction of sp³-hybridized carbons (Fsp3) is 0.0833. The molecule has 3 nitrogen and oxygen atoms in total. The first-order valence-electron chi connectivity index (χ1n) is 4.99. The van der Waals surface area contributed by atoms with Crippen molar-refractivity contribution in [3.05, 3.63) is 51.1 Å². The number of carbonyl (C=O) groups excluding carboxylic acids is 1. The highest BCUT2D eigenvalue weighted by molar-refractivity contribution is 9.10. The highest BCUT2D eigenvalue weighted by atomic mass is 79.9. The number of amides is 1. The molecule has 1 heterocycles. The van der Waals surface area contributed by atoms with E-state index in [1.54, 1.807) is 13.0 Å². The first-order valence-corrected chi connectivity index (χ1v) is 6.16. The first kappa shape index (κ1) is 13.1. The van der Waals surface area contributed by atoms with Crippen LogP contribution in [0.25, 0.3) is 0 Å². The maximum atomic E-state index is 13.0. The number of aryl methyl sites for hydroxylation is 1. The molecule has 1 N–H and O–H groups in total. The lowest BCUT2D eigenvalue weighted by molar-refractivity contribution is 0.0996. The van der Waals surface area contributed by atoms with Gasteiger partial charge in [0.05, 0.1) is 17.0 Å². The zero-order chi connectivity index (χ0) is 13.3. The van der Waals surface area contributed by atoms with Crippen molar-refractivity contribution in [2.24, 2.45) is 0 Å². The third-order valence-corrected chi connectivity index (χ3v) is 3.24. The predicted molar refractivity (Wildman–Crippen MR) is 70.5 cm³/mol. The number of furan rings is 1. The molecule has 0 saturated heterocycles. The van der Waals surface area contributed by atoms with Gasteiger partial charge in [-0.15, -0.1) is 0 Å². The van der Waals surface area contributed by atoms with Crippen molar-refractivity contribution in [3.63, 3.8) is 0 Å². The molecule has 0 aliphatic carbocycles. The first-order chi connectivity index (χ1) is 8.49. The zero-order valence-corrected chi connectivity index (χ0v) is 11.6. The van der Waals surface area contributed by atoms with E-state index in [1.807, 2.05) is 0 Å². The molecule has 18 heavy (non-hydrogen) atoms. The van der Waals surface area contributed by atoms with Crippen LogP contribution in [0.2, 0.25) is 5.02 Å². The highest BCUT2D eigenvalue weighted by Crippen LogP contribution is 2.32. The van der Waals surface area contributed by atoms with Gasteiger partial charge >= 0.3 is 0 Å². The smallest absolute Gasteiger partial charge is 0.291 e. The molecule has 0 saturated carbocycles. The average molecular weight is 333 g/mol. The summed E-state index contributed by atoms with van der Waals surface area (Å²) in [7, 11) is 0. The molecule has 1 amide bonds. The van der Waals surface area contributed by atoms with Crippen LogP contribution in [0.15, 0.2) is 33.4 Å². The van der Waals surface area contributed by atoms with Crippen LogP contribution in [0.4, 0.5) is 10.1 Å². The summed E-state index contributed by atoms with van der Waals surface area (Å²) in [6.45, 7) is 1.75. The Morgan fingerprint density at radius 2 is 2.22 bits per heavy atom. The van der Waals surface area contributed by atoms with Gasteiger partial charge in [-0.3, -0.25) is 4.79 Å². The van der Waals surface area contributed by atoms with Crippen molar-refractivity contribution in [2.75, 3.05) is 5.32 Å². The van der Waals surface area contributed by atoms with Gasteiger partial charge in [0.1, 0.15) is 5.82 Å². The number of rotatable bonds is 2. The molecule has 1 aromatic heterocycles. The van der Waals surface area contributed by atoms with Crippen molar-refractivity contribution < 1.29 is 13.6 Å². The van der Waals surface area contributed by atoms with E-state index in [4.69, 9.17) is 16.0 Å². The van der Waals surface area contributed by atoms with Gasteiger partial charge in [-0.2, -0.15) is 0 Å². The van der Waals surface area contributed by atoms with E-state index in [9.17, 15) is 9.18 Å². The third-order valence-electron chi connectivity index (χ3n) is 2.31. The van der Waals surface area contributed by atoms with E-state index in [2.05, 4.69) is 21.2 Å². The lowest BCUT2D eigenvalue weighted by Crippen LogP contribution is -2.13. The maximum absolute atomic E-state index is 13.0. The molecule has 0 aliphatic heterocycles. The minimum Gasteiger partial charge on any atom is -0.459 e. The molecule has 0 radical (unpaired) electrons. The molecule has 0 fully saturated rings. The van der Waals surface area contributed by atoms with Crippen LogP contribution in [0.5, 0.6) is 0 Å². The summed E-state index contributed by atoms with van der Waals surface area (Å²) in [5, 5.41) is 2.68. The fourth-order valence-corrected chi connectivity index (χ4v) is 2.34. The molecular formula is C12H8BrClFNO2. The van der Waals surface area contributed by atoms with Crippen molar-refractivity contribution in [2.45, 2.75) is 6.92 Å². The summed E-state index contributed by atoms with van der Waals surface area (Å²) in [6.07, 6.45) is 1.42. The van der Waals surface area contributed by atoms with Crippen LogP contribution >= 0.6 is 27.5 Å². The van der Waals surface area contributed by atoms with Gasteiger partial charge in [0, 0.05) is 10.0 Å². The molecule has 0 atom stereocenters. The normalized spacial score (nSPS) is 10.4. The van der Waals surface area contributed by atoms with Gasteiger partial charge in [-0.05, 0) is 41.1 Å². The molecule has 2 rings (SSSR count). The maximum Gasteiger partial charge on any atom is 0.291 e.